The van der Waals surface area contributed by atoms with E-state index < -0.39 is 0 Å². The first-order valence-electron chi connectivity index (χ1n) is 6.32. The van der Waals surface area contributed by atoms with Crippen LogP contribution in [0.2, 0.25) is 12.6 Å². The van der Waals surface area contributed by atoms with Crippen LogP contribution in [0.25, 0.3) is 0 Å². The highest BCUT2D eigenvalue weighted by Crippen LogP contribution is 2.26. The molecule has 0 saturated carbocycles. The van der Waals surface area contributed by atoms with Gasteiger partial charge in [0.05, 0.1) is 0 Å². The molecular formula is C12H26BN. The van der Waals surface area contributed by atoms with Crippen molar-refractivity contribution in [2.45, 2.75) is 71.6 Å². The van der Waals surface area contributed by atoms with Crippen molar-refractivity contribution in [3.8, 4) is 0 Å². The van der Waals surface area contributed by atoms with Crippen LogP contribution in [-0.2, 0) is 0 Å². The fourth-order valence-corrected chi connectivity index (χ4v) is 2.62. The lowest BCUT2D eigenvalue weighted by atomic mass is 9.49. The van der Waals surface area contributed by atoms with Crippen LogP contribution in [0.15, 0.2) is 0 Å². The molecule has 0 aromatic heterocycles. The summed E-state index contributed by atoms with van der Waals surface area (Å²) >= 11 is 0. The van der Waals surface area contributed by atoms with Crippen molar-refractivity contribution < 1.29 is 0 Å². The summed E-state index contributed by atoms with van der Waals surface area (Å²) in [4.78, 5) is 2.73. The largest absolute Gasteiger partial charge is 0.337 e. The smallest absolute Gasteiger partial charge is 0.223 e. The molecule has 0 aromatic rings. The molecule has 0 radical (unpaired) electrons. The van der Waals surface area contributed by atoms with E-state index >= 15 is 0 Å². The molecule has 1 fully saturated rings. The van der Waals surface area contributed by atoms with Gasteiger partial charge < -0.3 is 4.81 Å². The Labute approximate surface area is 90.4 Å². The molecule has 82 valence electrons. The monoisotopic (exact) mass is 195 g/mol. The van der Waals surface area contributed by atoms with Crippen molar-refractivity contribution in [2.75, 3.05) is 6.54 Å². The Bertz CT molecular complexity index is 162. The van der Waals surface area contributed by atoms with E-state index in [1.54, 1.807) is 0 Å². The standard InChI is InChI=1S/C12H26BN/c1-5-6-9-13-10-7-8-11-14(13)12(2,3)4/h5-11H2,1-4H3. The van der Waals surface area contributed by atoms with Gasteiger partial charge in [-0.1, -0.05) is 38.8 Å². The minimum absolute atomic E-state index is 0.374. The molecule has 0 spiro atoms. The molecule has 1 rings (SSSR count). The molecule has 0 aliphatic carbocycles. The Kier molecular flexibility index (Phi) is 4.50. The number of hydrogen-bond donors (Lipinski definition) is 0. The van der Waals surface area contributed by atoms with Crippen LogP contribution in [0.4, 0.5) is 0 Å². The van der Waals surface area contributed by atoms with Gasteiger partial charge in [-0.3, -0.25) is 0 Å². The summed E-state index contributed by atoms with van der Waals surface area (Å²) in [6.45, 7) is 11.6. The van der Waals surface area contributed by atoms with Crippen molar-refractivity contribution in [2.24, 2.45) is 0 Å². The van der Waals surface area contributed by atoms with E-state index in [1.165, 1.54) is 44.9 Å². The number of hydrogen-bond acceptors (Lipinski definition) is 1. The average molecular weight is 195 g/mol. The highest BCUT2D eigenvalue weighted by molar-refractivity contribution is 6.56. The summed E-state index contributed by atoms with van der Waals surface area (Å²) in [6, 6.07) is 0. The fourth-order valence-electron chi connectivity index (χ4n) is 2.62. The van der Waals surface area contributed by atoms with Crippen molar-refractivity contribution in [1.29, 1.82) is 0 Å². The van der Waals surface area contributed by atoms with Gasteiger partial charge in [0.2, 0.25) is 6.85 Å². The first kappa shape index (κ1) is 12.1. The molecule has 0 atom stereocenters. The lowest BCUT2D eigenvalue weighted by molar-refractivity contribution is 0.230. The van der Waals surface area contributed by atoms with Crippen LogP contribution >= 0.6 is 0 Å². The first-order valence-corrected chi connectivity index (χ1v) is 6.32. The van der Waals surface area contributed by atoms with Crippen LogP contribution in [0.5, 0.6) is 0 Å². The zero-order valence-corrected chi connectivity index (χ0v) is 10.5. The summed E-state index contributed by atoms with van der Waals surface area (Å²) in [5.41, 5.74) is 0.374. The maximum Gasteiger partial charge on any atom is 0.223 e. The summed E-state index contributed by atoms with van der Waals surface area (Å²) in [5, 5.41) is 0. The van der Waals surface area contributed by atoms with E-state index in [0.29, 0.717) is 5.54 Å². The minimum Gasteiger partial charge on any atom is -0.337 e. The maximum absolute atomic E-state index is 2.73. The molecule has 1 heterocycles. The van der Waals surface area contributed by atoms with Gasteiger partial charge in [0.25, 0.3) is 0 Å². The summed E-state index contributed by atoms with van der Waals surface area (Å²) in [7, 11) is 0. The lowest BCUT2D eigenvalue weighted by Crippen LogP contribution is -2.53. The van der Waals surface area contributed by atoms with Gasteiger partial charge in [-0.25, -0.2) is 0 Å². The van der Waals surface area contributed by atoms with E-state index in [0.717, 1.165) is 6.85 Å². The van der Waals surface area contributed by atoms with Gasteiger partial charge in [0.15, 0.2) is 0 Å². The summed E-state index contributed by atoms with van der Waals surface area (Å²) in [5.74, 6) is 0. The van der Waals surface area contributed by atoms with Crippen molar-refractivity contribution in [3.63, 3.8) is 0 Å². The third kappa shape index (κ3) is 3.31. The molecule has 1 nitrogen and oxygen atoms in total. The van der Waals surface area contributed by atoms with Crippen LogP contribution in [0, 0.1) is 0 Å². The third-order valence-electron chi connectivity index (χ3n) is 3.38. The van der Waals surface area contributed by atoms with Gasteiger partial charge >= 0.3 is 0 Å². The molecule has 14 heavy (non-hydrogen) atoms. The minimum atomic E-state index is 0.374. The Balaban J connectivity index is 2.50. The predicted octanol–water partition coefficient (Wildman–Crippen LogP) is 3.67. The molecule has 0 N–H and O–H groups in total. The Morgan fingerprint density at radius 2 is 1.93 bits per heavy atom. The van der Waals surface area contributed by atoms with Gasteiger partial charge in [0.1, 0.15) is 0 Å². The topological polar surface area (TPSA) is 3.24 Å². The quantitative estimate of drug-likeness (QED) is 0.621. The molecular weight excluding hydrogens is 169 g/mol. The van der Waals surface area contributed by atoms with E-state index in [1.807, 2.05) is 0 Å². The normalized spacial score (nSPS) is 20.1. The fraction of sp³-hybridized carbons (Fsp3) is 1.00. The zero-order chi connectivity index (χ0) is 10.6. The molecule has 0 unspecified atom stereocenters. The molecule has 2 heteroatoms. The summed E-state index contributed by atoms with van der Waals surface area (Å²) in [6.07, 6.45) is 8.43. The molecule has 0 bridgehead atoms. The second-order valence-electron chi connectivity index (χ2n) is 5.66. The lowest BCUT2D eigenvalue weighted by Gasteiger charge is -2.43. The third-order valence-corrected chi connectivity index (χ3v) is 3.38. The number of nitrogens with zero attached hydrogens (tertiary/aromatic N) is 1. The first-order chi connectivity index (χ1) is 6.55. The molecule has 0 amide bonds. The number of rotatable bonds is 3. The number of unbranched alkanes of at least 4 members (excludes halogenated alkanes) is 1. The van der Waals surface area contributed by atoms with Crippen molar-refractivity contribution >= 4 is 6.85 Å². The van der Waals surface area contributed by atoms with E-state index in [2.05, 4.69) is 32.5 Å². The SMILES string of the molecule is CCCCB1CCCCN1C(C)(C)C. The van der Waals surface area contributed by atoms with Crippen LogP contribution in [-0.4, -0.2) is 23.7 Å². The maximum atomic E-state index is 2.73. The molecule has 0 aromatic carbocycles. The summed E-state index contributed by atoms with van der Waals surface area (Å²) < 4.78 is 0. The van der Waals surface area contributed by atoms with Gasteiger partial charge in [0, 0.05) is 5.54 Å². The van der Waals surface area contributed by atoms with Crippen LogP contribution in [0.3, 0.4) is 0 Å². The van der Waals surface area contributed by atoms with Crippen molar-refractivity contribution in [3.05, 3.63) is 0 Å². The molecule has 1 aliphatic heterocycles. The Morgan fingerprint density at radius 3 is 2.50 bits per heavy atom. The molecule has 1 saturated heterocycles. The Hall–Kier alpha value is 0.0249. The highest BCUT2D eigenvalue weighted by Gasteiger charge is 2.32. The predicted molar refractivity (Wildman–Crippen MR) is 66.0 cm³/mol. The van der Waals surface area contributed by atoms with E-state index in [-0.39, 0.29) is 0 Å². The van der Waals surface area contributed by atoms with Crippen LogP contribution in [0.1, 0.15) is 53.4 Å². The highest BCUT2D eigenvalue weighted by atomic mass is 15.1. The second kappa shape index (κ2) is 5.20. The van der Waals surface area contributed by atoms with Gasteiger partial charge in [-0.05, 0) is 33.7 Å². The van der Waals surface area contributed by atoms with E-state index in [9.17, 15) is 0 Å². The Morgan fingerprint density at radius 1 is 1.21 bits per heavy atom. The van der Waals surface area contributed by atoms with Crippen LogP contribution < -0.4 is 0 Å². The van der Waals surface area contributed by atoms with Crippen molar-refractivity contribution in [1.82, 2.24) is 4.81 Å². The van der Waals surface area contributed by atoms with E-state index in [4.69, 9.17) is 0 Å². The van der Waals surface area contributed by atoms with Gasteiger partial charge in [-0.2, -0.15) is 0 Å². The zero-order valence-electron chi connectivity index (χ0n) is 10.5. The second-order valence-corrected chi connectivity index (χ2v) is 5.66. The van der Waals surface area contributed by atoms with Gasteiger partial charge in [-0.15, -0.1) is 0 Å². The average Bonchev–Trinajstić information content (AvgIpc) is 2.14. The molecule has 1 aliphatic rings.